The van der Waals surface area contributed by atoms with Crippen molar-refractivity contribution in [1.82, 2.24) is 29.9 Å². The summed E-state index contributed by atoms with van der Waals surface area (Å²) in [7, 11) is -9.73. The van der Waals surface area contributed by atoms with Crippen LogP contribution in [0.2, 0.25) is 0 Å². The van der Waals surface area contributed by atoms with Gasteiger partial charge in [0.1, 0.15) is 23.0 Å². The fraction of sp³-hybridized carbons (Fsp3) is 0.192. The number of benzene rings is 6. The van der Waals surface area contributed by atoms with E-state index < -0.39 is 99.7 Å². The molecule has 2 unspecified atom stereocenters. The molecule has 0 amide bonds. The zero-order chi connectivity index (χ0) is 61.0. The SMILES string of the molecule is Cc1nc(Nc2cc(S(=O)(=O)O)cc3cc(C)c(N=Nc4cc(C(=O)O)cc(C(=O)O)c4)c(O)c23)nc(N2CC(C)N(c3nc(C)nc(Nc4cc(S(=O)(=O)O)cc5cc(C)c(N=Nc6cc(C(=O)O)cc(C(=O)O)c6)c(O)c45)n3)CC2C)n1. The van der Waals surface area contributed by atoms with E-state index >= 15 is 0 Å². The lowest BCUT2D eigenvalue weighted by molar-refractivity contribution is 0.0676. The van der Waals surface area contributed by atoms with Crippen molar-refractivity contribution in [3.63, 3.8) is 0 Å². The second-order valence-corrected chi connectivity index (χ2v) is 22.1. The third kappa shape index (κ3) is 12.1. The van der Waals surface area contributed by atoms with Crippen LogP contribution >= 0.6 is 0 Å². The number of nitrogens with zero attached hydrogens (tertiary/aromatic N) is 12. The summed E-state index contributed by atoms with van der Waals surface area (Å²) in [4.78, 5) is 76.9. The molecule has 0 aliphatic carbocycles. The van der Waals surface area contributed by atoms with Gasteiger partial charge in [0, 0.05) is 35.9 Å². The molecule has 1 aliphatic rings. The number of carboxylic acids is 4. The highest BCUT2D eigenvalue weighted by molar-refractivity contribution is 7.86. The fourth-order valence-electron chi connectivity index (χ4n) is 9.27. The van der Waals surface area contributed by atoms with Crippen LogP contribution in [0.4, 0.5) is 57.9 Å². The monoisotopic (exact) mass is 1190 g/mol. The molecule has 432 valence electrons. The number of piperazine rings is 1. The quantitative estimate of drug-likeness (QED) is 0.0319. The van der Waals surface area contributed by atoms with Gasteiger partial charge in [-0.25, -0.2) is 19.2 Å². The Balaban J connectivity index is 1.02. The Labute approximate surface area is 474 Å². The summed E-state index contributed by atoms with van der Waals surface area (Å²) in [6.07, 6.45) is 0. The number of aromatic hydroxyl groups is 2. The van der Waals surface area contributed by atoms with Crippen molar-refractivity contribution in [2.75, 3.05) is 33.5 Å². The number of aromatic carboxylic acids is 4. The highest BCUT2D eigenvalue weighted by Gasteiger charge is 2.34. The first kappa shape index (κ1) is 58.2. The third-order valence-electron chi connectivity index (χ3n) is 13.1. The maximum absolute atomic E-state index is 12.6. The normalized spacial score (nSPS) is 14.9. The molecule has 0 bridgehead atoms. The minimum atomic E-state index is -4.86. The van der Waals surface area contributed by atoms with E-state index in [2.05, 4.69) is 61.0 Å². The van der Waals surface area contributed by atoms with Gasteiger partial charge >= 0.3 is 23.9 Å². The zero-order valence-corrected chi connectivity index (χ0v) is 46.2. The van der Waals surface area contributed by atoms with Crippen molar-refractivity contribution in [2.24, 2.45) is 20.5 Å². The molecule has 2 atom stereocenters. The van der Waals surface area contributed by atoms with Crippen LogP contribution in [0.25, 0.3) is 21.5 Å². The number of carbonyl (C=O) groups is 4. The molecule has 84 heavy (non-hydrogen) atoms. The fourth-order valence-corrected chi connectivity index (χ4v) is 10.4. The summed E-state index contributed by atoms with van der Waals surface area (Å²) in [5.41, 5.74) is -2.00. The number of hydrogen-bond acceptors (Lipinski definition) is 24. The summed E-state index contributed by atoms with van der Waals surface area (Å²) in [6, 6.07) is 12.5. The molecule has 32 heteroatoms. The molecule has 1 fully saturated rings. The molecule has 3 heterocycles. The largest absolute Gasteiger partial charge is 0.505 e. The van der Waals surface area contributed by atoms with Gasteiger partial charge in [-0.3, -0.25) is 9.11 Å². The molecule has 1 aliphatic heterocycles. The number of carboxylic acid groups (broad SMARTS) is 4. The average Bonchev–Trinajstić information content (AvgIpc) is 1.26. The maximum Gasteiger partial charge on any atom is 0.335 e. The Bertz CT molecular complexity index is 4110. The van der Waals surface area contributed by atoms with E-state index in [1.165, 1.54) is 26.0 Å². The van der Waals surface area contributed by atoms with Gasteiger partial charge in [-0.15, -0.1) is 10.2 Å². The molecule has 10 N–H and O–H groups in total. The lowest BCUT2D eigenvalue weighted by Crippen LogP contribution is -2.57. The van der Waals surface area contributed by atoms with Crippen LogP contribution in [-0.4, -0.2) is 136 Å². The van der Waals surface area contributed by atoms with Crippen LogP contribution in [0, 0.1) is 27.7 Å². The topological polar surface area (TPSA) is 456 Å². The maximum atomic E-state index is 12.6. The molecule has 0 spiro atoms. The number of phenolic OH excluding ortho intramolecular Hbond substituents is 2. The van der Waals surface area contributed by atoms with E-state index in [1.807, 2.05) is 23.6 Å². The second-order valence-electron chi connectivity index (χ2n) is 19.3. The Kier molecular flexibility index (Phi) is 15.3. The number of rotatable bonds is 16. The van der Waals surface area contributed by atoms with Gasteiger partial charge in [0.2, 0.25) is 23.8 Å². The molecular formula is C52H46N14O16S2. The van der Waals surface area contributed by atoms with Crippen molar-refractivity contribution < 1.29 is 75.8 Å². The van der Waals surface area contributed by atoms with Crippen LogP contribution < -0.4 is 20.4 Å². The molecule has 9 rings (SSSR count). The molecule has 2 aromatic heterocycles. The third-order valence-corrected chi connectivity index (χ3v) is 14.8. The van der Waals surface area contributed by atoms with E-state index in [9.17, 15) is 75.8 Å². The number of phenols is 2. The highest BCUT2D eigenvalue weighted by Crippen LogP contribution is 2.46. The Morgan fingerprint density at radius 2 is 0.821 bits per heavy atom. The molecule has 6 aromatic carbocycles. The molecular weight excluding hydrogens is 1140 g/mol. The van der Waals surface area contributed by atoms with Crippen molar-refractivity contribution in [1.29, 1.82) is 0 Å². The number of nitrogens with one attached hydrogen (secondary N) is 2. The van der Waals surface area contributed by atoms with Crippen LogP contribution in [0.5, 0.6) is 11.5 Å². The minimum Gasteiger partial charge on any atom is -0.505 e. The van der Waals surface area contributed by atoms with Crippen molar-refractivity contribution >= 4 is 124 Å². The predicted octanol–water partition coefficient (Wildman–Crippen LogP) is 8.72. The summed E-state index contributed by atoms with van der Waals surface area (Å²) in [5.74, 6) is -6.36. The van der Waals surface area contributed by atoms with Gasteiger partial charge in [0.15, 0.2) is 11.5 Å². The van der Waals surface area contributed by atoms with Crippen LogP contribution in [0.3, 0.4) is 0 Å². The van der Waals surface area contributed by atoms with Gasteiger partial charge in [0.25, 0.3) is 20.2 Å². The van der Waals surface area contributed by atoms with Crippen molar-refractivity contribution in [3.05, 3.63) is 118 Å². The van der Waals surface area contributed by atoms with E-state index in [0.29, 0.717) is 0 Å². The van der Waals surface area contributed by atoms with E-state index in [0.717, 1.165) is 60.7 Å². The predicted molar refractivity (Wildman–Crippen MR) is 299 cm³/mol. The summed E-state index contributed by atoms with van der Waals surface area (Å²) < 4.78 is 70.8. The lowest BCUT2D eigenvalue weighted by Gasteiger charge is -2.44. The molecule has 0 radical (unpaired) electrons. The van der Waals surface area contributed by atoms with Crippen LogP contribution in [0.15, 0.2) is 103 Å². The summed E-state index contributed by atoms with van der Waals surface area (Å²) >= 11 is 0. The molecule has 0 saturated carbocycles. The standard InChI is InChI=1S/C52H46N14O16S2/c1-21-7-27-15-35(83(77,78)79)17-37(39(27)43(67)41(21)63-61-33-11-29(45(69)70)9-30(12-33)46(71)72)57-49-53-25(5)55-51(59-49)65-19-24(4)66(20-23(65)3)52-56-26(6)54-50(60-52)58-38-18-36(84(80,81)82)16-28-8-22(2)42(44(68)40(28)38)64-62-34-13-31(47(73)74)10-32(14-34)48(75)76/h7-18,23-24,67-68H,19-20H2,1-6H3,(H,69,70)(H,71,72)(H,73,74)(H,75,76)(H,77,78,79)(H,80,81,82)(H,53,55,57,59)(H,54,56,58,60). The van der Waals surface area contributed by atoms with Gasteiger partial charge in [-0.05, 0) is 136 Å². The first-order valence-corrected chi connectivity index (χ1v) is 27.5. The van der Waals surface area contributed by atoms with E-state index in [4.69, 9.17) is 0 Å². The molecule has 30 nitrogen and oxygen atoms in total. The van der Waals surface area contributed by atoms with Gasteiger partial charge in [-0.1, -0.05) is 0 Å². The second kappa shape index (κ2) is 22.1. The van der Waals surface area contributed by atoms with Gasteiger partial charge in [-0.2, -0.15) is 57.0 Å². The Morgan fingerprint density at radius 1 is 0.488 bits per heavy atom. The molecule has 1 saturated heterocycles. The lowest BCUT2D eigenvalue weighted by atomic mass is 10.0. The van der Waals surface area contributed by atoms with Crippen molar-refractivity contribution in [3.8, 4) is 11.5 Å². The highest BCUT2D eigenvalue weighted by atomic mass is 32.2. The van der Waals surface area contributed by atoms with Gasteiger partial charge < -0.3 is 51.1 Å². The Morgan fingerprint density at radius 3 is 1.13 bits per heavy atom. The number of azo groups is 2. The van der Waals surface area contributed by atoms with E-state index in [1.54, 1.807) is 13.8 Å². The zero-order valence-electron chi connectivity index (χ0n) is 44.5. The van der Waals surface area contributed by atoms with Crippen molar-refractivity contribution in [2.45, 2.75) is 63.4 Å². The summed E-state index contributed by atoms with van der Waals surface area (Å²) in [6.45, 7) is 10.3. The summed E-state index contributed by atoms with van der Waals surface area (Å²) in [5, 5.41) is 84.1. The number of fused-ring (bicyclic) bond motifs is 2. The number of anilines is 6. The first-order valence-electron chi connectivity index (χ1n) is 24.6. The number of aryl methyl sites for hydroxylation is 4. The minimum absolute atomic E-state index is 0.0385. The first-order chi connectivity index (χ1) is 39.4. The van der Waals surface area contributed by atoms with Gasteiger partial charge in [0.05, 0.1) is 54.8 Å². The smallest absolute Gasteiger partial charge is 0.335 e. The van der Waals surface area contributed by atoms with Crippen LogP contribution in [0.1, 0.15) is 78.1 Å². The molecule has 8 aromatic rings. The average molecular weight is 1190 g/mol. The number of aromatic nitrogens is 6. The Hall–Kier alpha value is -10.4. The van der Waals surface area contributed by atoms with E-state index in [-0.39, 0.29) is 115 Å². The number of hydrogen-bond donors (Lipinski definition) is 10. The van der Waals surface area contributed by atoms with Crippen LogP contribution in [-0.2, 0) is 20.2 Å².